The first-order valence-electron chi connectivity index (χ1n) is 7.67. The average Bonchev–Trinajstić information content (AvgIpc) is 3.04. The molecule has 0 unspecified atom stereocenters. The summed E-state index contributed by atoms with van der Waals surface area (Å²) in [6.07, 6.45) is 3.28. The third kappa shape index (κ3) is 2.45. The highest BCUT2D eigenvalue weighted by molar-refractivity contribution is 5.93. The first kappa shape index (κ1) is 14.1. The summed E-state index contributed by atoms with van der Waals surface area (Å²) in [7, 11) is 0. The molecule has 118 valence electrons. The second-order valence-corrected chi connectivity index (χ2v) is 5.73. The van der Waals surface area contributed by atoms with Gasteiger partial charge in [-0.15, -0.1) is 0 Å². The van der Waals surface area contributed by atoms with Gasteiger partial charge in [0.15, 0.2) is 0 Å². The molecule has 0 amide bonds. The molecule has 3 aromatic heterocycles. The molecule has 3 aromatic rings. The number of ether oxygens (including phenoxy) is 1. The lowest BCUT2D eigenvalue weighted by molar-refractivity contribution is 0.0985. The lowest BCUT2D eigenvalue weighted by Gasteiger charge is -2.34. The molecular weight excluding hydrogens is 295 g/mol. The van der Waals surface area contributed by atoms with Crippen LogP contribution in [0, 0.1) is 5.95 Å². The number of anilines is 1. The van der Waals surface area contributed by atoms with Crippen molar-refractivity contribution in [3.8, 4) is 11.3 Å². The minimum atomic E-state index is -0.503. The average molecular weight is 312 g/mol. The second-order valence-electron chi connectivity index (χ2n) is 5.73. The van der Waals surface area contributed by atoms with Crippen LogP contribution in [0.3, 0.4) is 0 Å². The Hall–Kier alpha value is -2.47. The fourth-order valence-electron chi connectivity index (χ4n) is 3.04. The zero-order chi connectivity index (χ0) is 15.8. The number of aromatic amines is 1. The predicted molar refractivity (Wildman–Crippen MR) is 86.9 cm³/mol. The van der Waals surface area contributed by atoms with Gasteiger partial charge in [-0.3, -0.25) is 0 Å². The number of nitrogens with zero attached hydrogens (tertiary/aromatic N) is 3. The zero-order valence-electron chi connectivity index (χ0n) is 12.8. The fraction of sp³-hybridized carbons (Fsp3) is 0.294. The van der Waals surface area contributed by atoms with E-state index in [0.717, 1.165) is 23.3 Å². The molecule has 5 nitrogen and oxygen atoms in total. The quantitative estimate of drug-likeness (QED) is 0.739. The van der Waals surface area contributed by atoms with Crippen LogP contribution in [-0.2, 0) is 4.74 Å². The normalized spacial score (nSPS) is 18.5. The van der Waals surface area contributed by atoms with E-state index in [0.29, 0.717) is 24.5 Å². The van der Waals surface area contributed by atoms with E-state index in [9.17, 15) is 4.39 Å². The highest BCUT2D eigenvalue weighted by Gasteiger charge is 2.21. The number of pyridine rings is 2. The molecule has 6 heteroatoms. The van der Waals surface area contributed by atoms with E-state index >= 15 is 0 Å². The van der Waals surface area contributed by atoms with Crippen LogP contribution < -0.4 is 4.90 Å². The number of morpholine rings is 1. The Bertz CT molecular complexity index is 847. The van der Waals surface area contributed by atoms with Crippen molar-refractivity contribution in [2.45, 2.75) is 13.0 Å². The molecule has 0 bridgehead atoms. The van der Waals surface area contributed by atoms with Gasteiger partial charge in [-0.1, -0.05) is 6.07 Å². The third-order valence-electron chi connectivity index (χ3n) is 4.21. The largest absolute Gasteiger partial charge is 0.377 e. The van der Waals surface area contributed by atoms with Crippen LogP contribution in [0.25, 0.3) is 22.2 Å². The second kappa shape index (κ2) is 5.62. The van der Waals surface area contributed by atoms with Gasteiger partial charge in [0.25, 0.3) is 0 Å². The summed E-state index contributed by atoms with van der Waals surface area (Å²) in [5.41, 5.74) is 1.83. The Kier molecular flexibility index (Phi) is 3.46. The summed E-state index contributed by atoms with van der Waals surface area (Å²) in [5.74, 6) is 0.335. The van der Waals surface area contributed by atoms with Crippen LogP contribution >= 0.6 is 0 Å². The van der Waals surface area contributed by atoms with Gasteiger partial charge in [-0.25, -0.2) is 9.97 Å². The summed E-state index contributed by atoms with van der Waals surface area (Å²) >= 11 is 0. The summed E-state index contributed by atoms with van der Waals surface area (Å²) in [6.45, 7) is 4.24. The van der Waals surface area contributed by atoms with Crippen LogP contribution in [0.1, 0.15) is 6.92 Å². The van der Waals surface area contributed by atoms with Crippen LogP contribution in [0.2, 0.25) is 0 Å². The number of nitrogens with one attached hydrogen (secondary N) is 1. The third-order valence-corrected chi connectivity index (χ3v) is 4.21. The van der Waals surface area contributed by atoms with Gasteiger partial charge in [0.05, 0.1) is 42.2 Å². The lowest BCUT2D eigenvalue weighted by Crippen LogP contribution is -2.44. The Morgan fingerprint density at radius 2 is 2.26 bits per heavy atom. The maximum Gasteiger partial charge on any atom is 0.223 e. The first-order valence-corrected chi connectivity index (χ1v) is 7.67. The van der Waals surface area contributed by atoms with Crippen molar-refractivity contribution in [1.29, 1.82) is 0 Å². The molecular formula is C17H17FN4O. The Balaban J connectivity index is 1.81. The summed E-state index contributed by atoms with van der Waals surface area (Å²) < 4.78 is 19.8. The van der Waals surface area contributed by atoms with Gasteiger partial charge in [0.1, 0.15) is 5.82 Å². The number of hydrogen-bond donors (Lipinski definition) is 1. The molecule has 1 atom stereocenters. The van der Waals surface area contributed by atoms with Gasteiger partial charge in [0, 0.05) is 18.1 Å². The summed E-state index contributed by atoms with van der Waals surface area (Å²) in [5, 5.41) is 0.789. The van der Waals surface area contributed by atoms with E-state index < -0.39 is 5.95 Å². The topological polar surface area (TPSA) is 54.0 Å². The predicted octanol–water partition coefficient (Wildman–Crippen LogP) is 2.99. The van der Waals surface area contributed by atoms with Crippen molar-refractivity contribution in [2.24, 2.45) is 0 Å². The van der Waals surface area contributed by atoms with Crippen molar-refractivity contribution in [3.05, 3.63) is 42.6 Å². The molecule has 0 radical (unpaired) electrons. The molecule has 1 aliphatic rings. The minimum Gasteiger partial charge on any atom is -0.377 e. The van der Waals surface area contributed by atoms with Gasteiger partial charge >= 0.3 is 0 Å². The van der Waals surface area contributed by atoms with Crippen molar-refractivity contribution in [1.82, 2.24) is 15.0 Å². The van der Waals surface area contributed by atoms with Crippen molar-refractivity contribution in [2.75, 3.05) is 24.7 Å². The highest BCUT2D eigenvalue weighted by Crippen LogP contribution is 2.30. The minimum absolute atomic E-state index is 0.248. The number of aromatic nitrogens is 3. The smallest absolute Gasteiger partial charge is 0.223 e. The van der Waals surface area contributed by atoms with Gasteiger partial charge in [-0.05, 0) is 25.1 Å². The number of halogens is 1. The van der Waals surface area contributed by atoms with Gasteiger partial charge in [-0.2, -0.15) is 4.39 Å². The van der Waals surface area contributed by atoms with Crippen molar-refractivity contribution < 1.29 is 9.13 Å². The Labute approximate surface area is 133 Å². The monoisotopic (exact) mass is 312 g/mol. The molecule has 0 aromatic carbocycles. The van der Waals surface area contributed by atoms with Crippen LogP contribution in [0.15, 0.2) is 36.7 Å². The Morgan fingerprint density at radius 1 is 1.35 bits per heavy atom. The molecule has 1 aliphatic heterocycles. The van der Waals surface area contributed by atoms with E-state index in [1.54, 1.807) is 6.20 Å². The zero-order valence-corrected chi connectivity index (χ0v) is 12.8. The number of H-pyrrole nitrogens is 1. The lowest BCUT2D eigenvalue weighted by atomic mass is 10.1. The molecule has 23 heavy (non-hydrogen) atoms. The van der Waals surface area contributed by atoms with E-state index in [4.69, 9.17) is 4.74 Å². The molecule has 0 aliphatic carbocycles. The van der Waals surface area contributed by atoms with E-state index in [1.165, 1.54) is 6.20 Å². The molecule has 1 fully saturated rings. The van der Waals surface area contributed by atoms with Gasteiger partial charge < -0.3 is 14.6 Å². The number of hydrogen-bond acceptors (Lipinski definition) is 4. The van der Waals surface area contributed by atoms with E-state index in [-0.39, 0.29) is 6.04 Å². The van der Waals surface area contributed by atoms with E-state index in [2.05, 4.69) is 26.8 Å². The number of fused-ring (bicyclic) bond motifs is 1. The fourth-order valence-corrected chi connectivity index (χ4v) is 3.04. The molecule has 1 saturated heterocycles. The van der Waals surface area contributed by atoms with E-state index in [1.807, 2.05) is 24.3 Å². The standard InChI is InChI=1S/C17H17FN4O/c1-11-10-23-8-7-22(11)15-4-2-3-13(21-15)16-12-5-6-19-14(12)9-20-17(16)18/h2-6,9,11,19H,7-8,10H2,1H3/t11-/m1/s1. The maximum atomic E-state index is 14.3. The highest BCUT2D eigenvalue weighted by atomic mass is 19.1. The summed E-state index contributed by atoms with van der Waals surface area (Å²) in [6, 6.07) is 7.78. The SMILES string of the molecule is C[C@@H]1COCCN1c1cccc(-c2c(F)ncc3[nH]ccc23)n1. The summed E-state index contributed by atoms with van der Waals surface area (Å²) in [4.78, 5) is 13.8. The molecule has 0 saturated carbocycles. The maximum absolute atomic E-state index is 14.3. The molecule has 0 spiro atoms. The van der Waals surface area contributed by atoms with Crippen LogP contribution in [-0.4, -0.2) is 40.8 Å². The van der Waals surface area contributed by atoms with Crippen LogP contribution in [0.5, 0.6) is 0 Å². The van der Waals surface area contributed by atoms with Crippen molar-refractivity contribution >= 4 is 16.7 Å². The van der Waals surface area contributed by atoms with Gasteiger partial charge in [0.2, 0.25) is 5.95 Å². The van der Waals surface area contributed by atoms with Crippen LogP contribution in [0.4, 0.5) is 10.2 Å². The number of rotatable bonds is 2. The van der Waals surface area contributed by atoms with Crippen molar-refractivity contribution in [3.63, 3.8) is 0 Å². The Morgan fingerprint density at radius 3 is 3.13 bits per heavy atom. The molecule has 1 N–H and O–H groups in total. The first-order chi connectivity index (χ1) is 11.2. The molecule has 4 rings (SSSR count). The molecule has 4 heterocycles.